The summed E-state index contributed by atoms with van der Waals surface area (Å²) in [6.45, 7) is 0. The molecule has 4 rings (SSSR count). The fourth-order valence-electron chi connectivity index (χ4n) is 2.58. The molecular formula is C16H15N3O3S. The maximum atomic E-state index is 11.6. The van der Waals surface area contributed by atoms with Gasteiger partial charge in [0.1, 0.15) is 16.4 Å². The summed E-state index contributed by atoms with van der Waals surface area (Å²) in [5.41, 5.74) is 1.88. The molecule has 0 radical (unpaired) electrons. The highest BCUT2D eigenvalue weighted by Crippen LogP contribution is 2.42. The van der Waals surface area contributed by atoms with E-state index in [9.17, 15) is 4.79 Å². The number of rotatable bonds is 5. The lowest BCUT2D eigenvalue weighted by Gasteiger charge is -2.08. The lowest BCUT2D eigenvalue weighted by molar-refractivity contribution is 0.111. The summed E-state index contributed by atoms with van der Waals surface area (Å²) >= 11 is 1.56. The second-order valence-electron chi connectivity index (χ2n) is 5.44. The molecule has 6 nitrogen and oxygen atoms in total. The summed E-state index contributed by atoms with van der Waals surface area (Å²) in [6.07, 6.45) is 3.16. The number of benzene rings is 1. The van der Waals surface area contributed by atoms with E-state index in [2.05, 4.69) is 10.1 Å². The maximum Gasteiger partial charge on any atom is 0.213 e. The Hall–Kier alpha value is -2.41. The molecule has 1 aliphatic carbocycles. The molecule has 0 aliphatic heterocycles. The predicted octanol–water partition coefficient (Wildman–Crippen LogP) is 3.16. The van der Waals surface area contributed by atoms with Crippen LogP contribution in [0.1, 0.15) is 34.3 Å². The highest BCUT2D eigenvalue weighted by molar-refractivity contribution is 7.16. The van der Waals surface area contributed by atoms with E-state index in [-0.39, 0.29) is 0 Å². The van der Waals surface area contributed by atoms with Crippen LogP contribution in [0, 0.1) is 0 Å². The van der Waals surface area contributed by atoms with Gasteiger partial charge in [0, 0.05) is 11.5 Å². The van der Waals surface area contributed by atoms with Crippen molar-refractivity contribution in [3.8, 4) is 22.8 Å². The Morgan fingerprint density at radius 3 is 2.70 bits per heavy atom. The number of methoxy groups -OCH3 is 2. The SMILES string of the molecule is COc1ccc(-c2nc3sc(C4CC4)nn3c2C=O)cc1OC. The molecule has 23 heavy (non-hydrogen) atoms. The fourth-order valence-corrected chi connectivity index (χ4v) is 3.65. The number of fused-ring (bicyclic) bond motifs is 1. The van der Waals surface area contributed by atoms with Gasteiger partial charge in [0.15, 0.2) is 17.8 Å². The molecular weight excluding hydrogens is 314 g/mol. The summed E-state index contributed by atoms with van der Waals surface area (Å²) in [7, 11) is 3.17. The van der Waals surface area contributed by atoms with Crippen molar-refractivity contribution in [3.63, 3.8) is 0 Å². The zero-order valence-corrected chi connectivity index (χ0v) is 13.6. The van der Waals surface area contributed by atoms with E-state index in [0.29, 0.717) is 28.8 Å². The van der Waals surface area contributed by atoms with Gasteiger partial charge in [-0.05, 0) is 31.0 Å². The Labute approximate surface area is 136 Å². The summed E-state index contributed by atoms with van der Waals surface area (Å²) in [4.78, 5) is 17.0. The molecule has 2 heterocycles. The number of imidazole rings is 1. The monoisotopic (exact) mass is 329 g/mol. The standard InChI is InChI=1S/C16H15N3O3S/c1-21-12-6-5-10(7-13(12)22-2)14-11(8-20)19-16(17-14)23-15(18-19)9-3-4-9/h5-9H,3-4H2,1-2H3. The van der Waals surface area contributed by atoms with Gasteiger partial charge >= 0.3 is 0 Å². The van der Waals surface area contributed by atoms with Gasteiger partial charge in [-0.15, -0.1) is 0 Å². The van der Waals surface area contributed by atoms with E-state index < -0.39 is 0 Å². The Bertz CT molecular complexity index is 895. The van der Waals surface area contributed by atoms with Crippen LogP contribution in [0.4, 0.5) is 0 Å². The lowest BCUT2D eigenvalue weighted by Crippen LogP contribution is -1.96. The molecule has 0 amide bonds. The smallest absolute Gasteiger partial charge is 0.213 e. The summed E-state index contributed by atoms with van der Waals surface area (Å²) in [5, 5.41) is 5.62. The molecule has 0 atom stereocenters. The number of hydrogen-bond donors (Lipinski definition) is 0. The predicted molar refractivity (Wildman–Crippen MR) is 86.8 cm³/mol. The number of aromatic nitrogens is 3. The van der Waals surface area contributed by atoms with Crippen molar-refractivity contribution in [1.82, 2.24) is 14.6 Å². The highest BCUT2D eigenvalue weighted by Gasteiger charge is 2.29. The largest absolute Gasteiger partial charge is 0.493 e. The van der Waals surface area contributed by atoms with Crippen LogP contribution >= 0.6 is 11.3 Å². The number of carbonyl (C=O) groups is 1. The Morgan fingerprint density at radius 2 is 2.04 bits per heavy atom. The molecule has 1 aliphatic rings. The van der Waals surface area contributed by atoms with Crippen molar-refractivity contribution >= 4 is 22.6 Å². The first-order valence-electron chi connectivity index (χ1n) is 7.32. The molecule has 1 aromatic carbocycles. The fraction of sp³-hybridized carbons (Fsp3) is 0.312. The van der Waals surface area contributed by atoms with E-state index in [4.69, 9.17) is 9.47 Å². The molecule has 3 aromatic rings. The van der Waals surface area contributed by atoms with Crippen molar-refractivity contribution in [1.29, 1.82) is 0 Å². The Balaban J connectivity index is 1.84. The molecule has 0 saturated heterocycles. The second-order valence-corrected chi connectivity index (χ2v) is 6.43. The van der Waals surface area contributed by atoms with Crippen molar-refractivity contribution in [2.75, 3.05) is 14.2 Å². The van der Waals surface area contributed by atoms with Crippen molar-refractivity contribution in [2.45, 2.75) is 18.8 Å². The first-order valence-corrected chi connectivity index (χ1v) is 8.14. The third-order valence-corrected chi connectivity index (χ3v) is 5.02. The summed E-state index contributed by atoms with van der Waals surface area (Å²) in [5.74, 6) is 1.79. The summed E-state index contributed by atoms with van der Waals surface area (Å²) < 4.78 is 12.2. The molecule has 0 spiro atoms. The first-order chi connectivity index (χ1) is 11.2. The van der Waals surface area contributed by atoms with Crippen molar-refractivity contribution < 1.29 is 14.3 Å². The molecule has 0 bridgehead atoms. The zero-order valence-electron chi connectivity index (χ0n) is 12.8. The first kappa shape index (κ1) is 14.2. The molecule has 7 heteroatoms. The van der Waals surface area contributed by atoms with E-state index >= 15 is 0 Å². The van der Waals surface area contributed by atoms with Gasteiger partial charge in [0.25, 0.3) is 0 Å². The number of ether oxygens (including phenoxy) is 2. The second kappa shape index (κ2) is 5.34. The average Bonchev–Trinajstić information content (AvgIpc) is 3.26. The van der Waals surface area contributed by atoms with Crippen molar-refractivity contribution in [2.24, 2.45) is 0 Å². The highest BCUT2D eigenvalue weighted by atomic mass is 32.1. The normalized spacial score (nSPS) is 14.2. The van der Waals surface area contributed by atoms with Crippen LogP contribution in [-0.4, -0.2) is 35.1 Å². The van der Waals surface area contributed by atoms with E-state index in [1.807, 2.05) is 12.1 Å². The topological polar surface area (TPSA) is 65.7 Å². The van der Waals surface area contributed by atoms with Crippen molar-refractivity contribution in [3.05, 3.63) is 28.9 Å². The third-order valence-electron chi connectivity index (χ3n) is 3.95. The van der Waals surface area contributed by atoms with Gasteiger partial charge in [-0.25, -0.2) is 4.98 Å². The van der Waals surface area contributed by atoms with Crippen LogP contribution in [0.5, 0.6) is 11.5 Å². The number of aldehydes is 1. The van der Waals surface area contributed by atoms with Crippen LogP contribution in [0.15, 0.2) is 18.2 Å². The number of hydrogen-bond acceptors (Lipinski definition) is 6. The molecule has 0 N–H and O–H groups in total. The van der Waals surface area contributed by atoms with Gasteiger partial charge in [0.05, 0.1) is 14.2 Å². The van der Waals surface area contributed by atoms with Crippen LogP contribution in [0.2, 0.25) is 0 Å². The third kappa shape index (κ3) is 2.28. The molecule has 0 unspecified atom stereocenters. The molecule has 2 aromatic heterocycles. The lowest BCUT2D eigenvalue weighted by atomic mass is 10.1. The van der Waals surface area contributed by atoms with E-state index in [1.54, 1.807) is 36.1 Å². The minimum atomic E-state index is 0.468. The van der Waals surface area contributed by atoms with Gasteiger partial charge in [-0.2, -0.15) is 9.61 Å². The number of nitrogens with zero attached hydrogens (tertiary/aromatic N) is 3. The molecule has 1 saturated carbocycles. The number of carbonyl (C=O) groups excluding carboxylic acids is 1. The van der Waals surface area contributed by atoms with Crippen LogP contribution in [-0.2, 0) is 0 Å². The Morgan fingerprint density at radius 1 is 1.26 bits per heavy atom. The molecule has 1 fully saturated rings. The quantitative estimate of drug-likeness (QED) is 0.673. The van der Waals surface area contributed by atoms with Gasteiger partial charge < -0.3 is 9.47 Å². The Kier molecular flexibility index (Phi) is 3.30. The molecule has 118 valence electrons. The van der Waals surface area contributed by atoms with E-state index in [1.165, 1.54) is 12.8 Å². The van der Waals surface area contributed by atoms with Crippen LogP contribution < -0.4 is 9.47 Å². The van der Waals surface area contributed by atoms with Gasteiger partial charge in [-0.1, -0.05) is 11.3 Å². The zero-order chi connectivity index (χ0) is 16.0. The average molecular weight is 329 g/mol. The minimum absolute atomic E-state index is 0.468. The van der Waals surface area contributed by atoms with Crippen LogP contribution in [0.3, 0.4) is 0 Å². The van der Waals surface area contributed by atoms with E-state index in [0.717, 1.165) is 21.8 Å². The summed E-state index contributed by atoms with van der Waals surface area (Å²) in [6, 6.07) is 5.49. The minimum Gasteiger partial charge on any atom is -0.493 e. The van der Waals surface area contributed by atoms with Crippen LogP contribution in [0.25, 0.3) is 16.2 Å². The maximum absolute atomic E-state index is 11.6. The van der Waals surface area contributed by atoms with Gasteiger partial charge in [0.2, 0.25) is 4.96 Å². The van der Waals surface area contributed by atoms with Gasteiger partial charge in [-0.3, -0.25) is 4.79 Å².